The molecule has 0 spiro atoms. The monoisotopic (exact) mass is 470 g/mol. The smallest absolute Gasteiger partial charge is 0.286 e. The van der Waals surface area contributed by atoms with Crippen molar-refractivity contribution in [2.75, 3.05) is 18.4 Å². The van der Waals surface area contributed by atoms with E-state index in [-0.39, 0.29) is 16.8 Å². The lowest BCUT2D eigenvalue weighted by Gasteiger charge is -2.30. The van der Waals surface area contributed by atoms with Crippen LogP contribution in [0.15, 0.2) is 47.4 Å². The Morgan fingerprint density at radius 2 is 1.81 bits per heavy atom. The van der Waals surface area contributed by atoms with Crippen LogP contribution in [-0.2, 0) is 10.0 Å². The Bertz CT molecular complexity index is 1230. The molecule has 1 N–H and O–H groups in total. The summed E-state index contributed by atoms with van der Waals surface area (Å²) in [6, 6.07) is 12.9. The van der Waals surface area contributed by atoms with Crippen molar-refractivity contribution >= 4 is 33.0 Å². The fourth-order valence-electron chi connectivity index (χ4n) is 3.97. The molecule has 168 valence electrons. The summed E-state index contributed by atoms with van der Waals surface area (Å²) in [6.45, 7) is 6.54. The van der Waals surface area contributed by atoms with E-state index in [1.165, 1.54) is 15.6 Å². The summed E-state index contributed by atoms with van der Waals surface area (Å²) >= 11 is 1.23. The molecule has 3 aromatic rings. The molecule has 0 unspecified atom stereocenters. The summed E-state index contributed by atoms with van der Waals surface area (Å²) in [5.41, 5.74) is 3.54. The summed E-state index contributed by atoms with van der Waals surface area (Å²) in [5, 5.41) is 12.1. The highest BCUT2D eigenvalue weighted by Crippen LogP contribution is 2.32. The maximum atomic E-state index is 13.2. The summed E-state index contributed by atoms with van der Waals surface area (Å²) in [6.07, 6.45) is 1.55. The third-order valence-electron chi connectivity index (χ3n) is 5.59. The van der Waals surface area contributed by atoms with Crippen LogP contribution < -0.4 is 5.32 Å². The molecule has 1 aromatic heterocycles. The number of aromatic nitrogens is 2. The number of piperidine rings is 1. The standard InChI is InChI=1S/C23H26N4O3S2/c1-15-11-16(2)13-19(12-15)32(29,30)27-10-6-8-18(14-27)22-25-26-23(31-22)21(28)24-20-9-5-4-7-17(20)3/h4-5,7,9,11-13,18H,6,8,10,14H2,1-3H3,(H,24,28)/t18-/m0/s1. The number of nitrogens with one attached hydrogen (secondary N) is 1. The maximum absolute atomic E-state index is 13.2. The first-order valence-electron chi connectivity index (χ1n) is 10.5. The number of aryl methyl sites for hydroxylation is 3. The summed E-state index contributed by atoms with van der Waals surface area (Å²) in [5.74, 6) is -0.388. The maximum Gasteiger partial charge on any atom is 0.286 e. The molecule has 0 radical (unpaired) electrons. The number of rotatable bonds is 5. The number of para-hydroxylation sites is 1. The van der Waals surface area contributed by atoms with E-state index >= 15 is 0 Å². The van der Waals surface area contributed by atoms with Crippen LogP contribution in [0.1, 0.15) is 50.3 Å². The van der Waals surface area contributed by atoms with Crippen LogP contribution in [-0.4, -0.2) is 41.9 Å². The molecule has 1 amide bonds. The fraction of sp³-hybridized carbons (Fsp3) is 0.348. The zero-order valence-corrected chi connectivity index (χ0v) is 20.0. The Morgan fingerprint density at radius 1 is 1.09 bits per heavy atom. The number of amides is 1. The van der Waals surface area contributed by atoms with E-state index in [1.807, 2.05) is 51.1 Å². The molecule has 2 aromatic carbocycles. The van der Waals surface area contributed by atoms with Gasteiger partial charge in [-0.2, -0.15) is 4.31 Å². The molecule has 1 fully saturated rings. The van der Waals surface area contributed by atoms with Crippen molar-refractivity contribution in [3.8, 4) is 0 Å². The molecular weight excluding hydrogens is 444 g/mol. The lowest BCUT2D eigenvalue weighted by Crippen LogP contribution is -2.39. The normalized spacial score (nSPS) is 17.3. The predicted octanol–water partition coefficient (Wildman–Crippen LogP) is 4.28. The summed E-state index contributed by atoms with van der Waals surface area (Å²) < 4.78 is 28.0. The zero-order valence-electron chi connectivity index (χ0n) is 18.3. The number of carbonyl (C=O) groups is 1. The largest absolute Gasteiger partial charge is 0.320 e. The highest BCUT2D eigenvalue weighted by atomic mass is 32.2. The molecule has 0 bridgehead atoms. The van der Waals surface area contributed by atoms with Crippen molar-refractivity contribution in [1.82, 2.24) is 14.5 Å². The lowest BCUT2D eigenvalue weighted by atomic mass is 10.0. The van der Waals surface area contributed by atoms with E-state index in [4.69, 9.17) is 0 Å². The average Bonchev–Trinajstić information content (AvgIpc) is 3.25. The Morgan fingerprint density at radius 3 is 2.53 bits per heavy atom. The van der Waals surface area contributed by atoms with Crippen LogP contribution in [0.2, 0.25) is 0 Å². The van der Waals surface area contributed by atoms with Crippen molar-refractivity contribution in [2.45, 2.75) is 44.4 Å². The van der Waals surface area contributed by atoms with Gasteiger partial charge in [-0.3, -0.25) is 4.79 Å². The van der Waals surface area contributed by atoms with Gasteiger partial charge in [-0.1, -0.05) is 35.6 Å². The SMILES string of the molecule is Cc1cc(C)cc(S(=O)(=O)N2CCC[C@H](c3nnc(C(=O)Nc4ccccc4C)s3)C2)c1. The van der Waals surface area contributed by atoms with E-state index in [2.05, 4.69) is 15.5 Å². The number of hydrogen-bond acceptors (Lipinski definition) is 6. The molecule has 1 atom stereocenters. The highest BCUT2D eigenvalue weighted by molar-refractivity contribution is 7.89. The van der Waals surface area contributed by atoms with E-state index in [0.717, 1.165) is 35.2 Å². The number of hydrogen-bond donors (Lipinski definition) is 1. The number of nitrogens with zero attached hydrogens (tertiary/aromatic N) is 3. The Balaban J connectivity index is 1.50. The molecule has 1 saturated heterocycles. The molecule has 1 aliphatic heterocycles. The Kier molecular flexibility index (Phi) is 6.41. The van der Waals surface area contributed by atoms with E-state index in [1.54, 1.807) is 12.1 Å². The first-order chi connectivity index (χ1) is 15.2. The van der Waals surface area contributed by atoms with Gasteiger partial charge < -0.3 is 5.32 Å². The summed E-state index contributed by atoms with van der Waals surface area (Å²) in [4.78, 5) is 13.0. The van der Waals surface area contributed by atoms with Crippen LogP contribution in [0.5, 0.6) is 0 Å². The quantitative estimate of drug-likeness (QED) is 0.601. The zero-order chi connectivity index (χ0) is 22.9. The molecule has 0 saturated carbocycles. The van der Waals surface area contributed by atoms with Gasteiger partial charge in [0.15, 0.2) is 0 Å². The molecule has 4 rings (SSSR count). The van der Waals surface area contributed by atoms with Crippen molar-refractivity contribution < 1.29 is 13.2 Å². The number of carbonyl (C=O) groups excluding carboxylic acids is 1. The van der Waals surface area contributed by atoms with E-state index in [0.29, 0.717) is 23.0 Å². The molecule has 0 aliphatic carbocycles. The van der Waals surface area contributed by atoms with Gasteiger partial charge in [0.05, 0.1) is 4.90 Å². The highest BCUT2D eigenvalue weighted by Gasteiger charge is 2.33. The van der Waals surface area contributed by atoms with Crippen molar-refractivity contribution in [2.24, 2.45) is 0 Å². The molecular formula is C23H26N4O3S2. The molecule has 9 heteroatoms. The van der Waals surface area contributed by atoms with Crippen molar-refractivity contribution in [3.63, 3.8) is 0 Å². The van der Waals surface area contributed by atoms with Crippen molar-refractivity contribution in [3.05, 3.63) is 69.2 Å². The minimum Gasteiger partial charge on any atom is -0.320 e. The van der Waals surface area contributed by atoms with Gasteiger partial charge in [0.25, 0.3) is 5.91 Å². The third kappa shape index (κ3) is 4.74. The topological polar surface area (TPSA) is 92.3 Å². The first-order valence-corrected chi connectivity index (χ1v) is 12.8. The first kappa shape index (κ1) is 22.6. The number of anilines is 1. The second-order valence-electron chi connectivity index (χ2n) is 8.24. The second kappa shape index (κ2) is 9.09. The molecule has 32 heavy (non-hydrogen) atoms. The van der Waals surface area contributed by atoms with Gasteiger partial charge in [-0.05, 0) is 68.5 Å². The van der Waals surface area contributed by atoms with Crippen molar-refractivity contribution in [1.29, 1.82) is 0 Å². The third-order valence-corrected chi connectivity index (χ3v) is 8.52. The Hall–Kier alpha value is -2.62. The van der Waals surface area contributed by atoms with Gasteiger partial charge in [0.2, 0.25) is 15.0 Å². The Labute approximate surface area is 192 Å². The van der Waals surface area contributed by atoms with Crippen LogP contribution >= 0.6 is 11.3 Å². The van der Waals surface area contributed by atoms with E-state index in [9.17, 15) is 13.2 Å². The van der Waals surface area contributed by atoms with Gasteiger partial charge in [0, 0.05) is 24.7 Å². The summed E-state index contributed by atoms with van der Waals surface area (Å²) in [7, 11) is -3.59. The van der Waals surface area contributed by atoms with Crippen LogP contribution in [0.4, 0.5) is 5.69 Å². The number of sulfonamides is 1. The van der Waals surface area contributed by atoms with Crippen LogP contribution in [0, 0.1) is 20.8 Å². The van der Waals surface area contributed by atoms with Gasteiger partial charge in [-0.25, -0.2) is 8.42 Å². The fourth-order valence-corrected chi connectivity index (χ4v) is 6.55. The molecule has 2 heterocycles. The van der Waals surface area contributed by atoms with Crippen LogP contribution in [0.25, 0.3) is 0 Å². The van der Waals surface area contributed by atoms with E-state index < -0.39 is 10.0 Å². The predicted molar refractivity (Wildman–Crippen MR) is 126 cm³/mol. The lowest BCUT2D eigenvalue weighted by molar-refractivity contribution is 0.102. The van der Waals surface area contributed by atoms with Gasteiger partial charge in [0.1, 0.15) is 5.01 Å². The minimum atomic E-state index is -3.59. The molecule has 7 nitrogen and oxygen atoms in total. The van der Waals surface area contributed by atoms with Crippen LogP contribution in [0.3, 0.4) is 0 Å². The van der Waals surface area contributed by atoms with Gasteiger partial charge >= 0.3 is 0 Å². The minimum absolute atomic E-state index is 0.0815. The number of benzene rings is 2. The molecule has 1 aliphatic rings. The van der Waals surface area contributed by atoms with Gasteiger partial charge in [-0.15, -0.1) is 10.2 Å². The second-order valence-corrected chi connectivity index (χ2v) is 11.2. The average molecular weight is 471 g/mol.